The van der Waals surface area contributed by atoms with E-state index >= 15 is 0 Å². The van der Waals surface area contributed by atoms with Gasteiger partial charge in [-0.15, -0.1) is 0 Å². The summed E-state index contributed by atoms with van der Waals surface area (Å²) in [5.74, 6) is 1.46. The highest BCUT2D eigenvalue weighted by Gasteiger charge is 2.03. The van der Waals surface area contributed by atoms with Crippen molar-refractivity contribution < 1.29 is 9.84 Å². The van der Waals surface area contributed by atoms with Crippen molar-refractivity contribution >= 4 is 11.6 Å². The normalized spacial score (nSPS) is 10.5. The van der Waals surface area contributed by atoms with E-state index in [2.05, 4.69) is 19.1 Å². The number of hydrogen-bond donors (Lipinski definition) is 1. The van der Waals surface area contributed by atoms with Crippen molar-refractivity contribution in [3.8, 4) is 11.5 Å². The smallest absolute Gasteiger partial charge is 0.128 e. The number of hydrogen-bond acceptors (Lipinski definition) is 2. The molecule has 0 unspecified atom stereocenters. The first-order chi connectivity index (χ1) is 9.22. The zero-order valence-electron chi connectivity index (χ0n) is 10.9. The molecule has 0 spiro atoms. The van der Waals surface area contributed by atoms with Gasteiger partial charge in [-0.1, -0.05) is 43.1 Å². The van der Waals surface area contributed by atoms with Gasteiger partial charge in [-0.05, 0) is 41.8 Å². The van der Waals surface area contributed by atoms with Crippen molar-refractivity contribution in [1.82, 2.24) is 0 Å². The number of aliphatic hydroxyl groups excluding tert-OH is 1. The zero-order valence-corrected chi connectivity index (χ0v) is 11.7. The van der Waals surface area contributed by atoms with E-state index in [-0.39, 0.29) is 6.61 Å². The summed E-state index contributed by atoms with van der Waals surface area (Å²) in [4.78, 5) is 0. The molecular weight excluding hydrogens is 260 g/mol. The van der Waals surface area contributed by atoms with Gasteiger partial charge in [0.2, 0.25) is 0 Å². The Balaban J connectivity index is 2.10. The lowest BCUT2D eigenvalue weighted by atomic mass is 10.1. The van der Waals surface area contributed by atoms with Gasteiger partial charge in [0, 0.05) is 5.02 Å². The number of halogens is 1. The van der Waals surface area contributed by atoms with Crippen molar-refractivity contribution in [3.63, 3.8) is 0 Å². The fourth-order valence-corrected chi connectivity index (χ4v) is 2.10. The summed E-state index contributed by atoms with van der Waals surface area (Å²) in [6, 6.07) is 13.3. The summed E-state index contributed by atoms with van der Waals surface area (Å²) >= 11 is 6.02. The van der Waals surface area contributed by atoms with E-state index in [1.165, 1.54) is 5.56 Å². The maximum absolute atomic E-state index is 9.05. The van der Waals surface area contributed by atoms with Gasteiger partial charge >= 0.3 is 0 Å². The fraction of sp³-hybridized carbons (Fsp3) is 0.250. The highest BCUT2D eigenvalue weighted by molar-refractivity contribution is 6.31. The van der Waals surface area contributed by atoms with Crippen LogP contribution >= 0.6 is 11.6 Å². The number of benzene rings is 2. The zero-order chi connectivity index (χ0) is 13.7. The van der Waals surface area contributed by atoms with Crippen molar-refractivity contribution in [2.24, 2.45) is 0 Å². The average Bonchev–Trinajstić information content (AvgIpc) is 2.42. The lowest BCUT2D eigenvalue weighted by molar-refractivity contribution is 0.282. The largest absolute Gasteiger partial charge is 0.457 e. The molecule has 0 aliphatic carbocycles. The molecule has 0 aromatic heterocycles. The predicted octanol–water partition coefficient (Wildman–Crippen LogP) is 4.58. The van der Waals surface area contributed by atoms with Crippen LogP contribution in [0.15, 0.2) is 42.5 Å². The van der Waals surface area contributed by atoms with Gasteiger partial charge in [0.25, 0.3) is 0 Å². The maximum Gasteiger partial charge on any atom is 0.128 e. The first-order valence-corrected chi connectivity index (χ1v) is 6.77. The van der Waals surface area contributed by atoms with Crippen LogP contribution in [-0.2, 0) is 13.0 Å². The summed E-state index contributed by atoms with van der Waals surface area (Å²) in [5, 5.41) is 9.57. The number of aliphatic hydroxyl groups is 1. The van der Waals surface area contributed by atoms with E-state index in [1.807, 2.05) is 12.1 Å². The molecule has 0 amide bonds. The molecule has 0 aliphatic rings. The molecule has 2 aromatic rings. The number of aryl methyl sites for hydroxylation is 1. The maximum atomic E-state index is 9.05. The Labute approximate surface area is 118 Å². The van der Waals surface area contributed by atoms with Crippen LogP contribution < -0.4 is 4.74 Å². The summed E-state index contributed by atoms with van der Waals surface area (Å²) in [6.07, 6.45) is 2.22. The summed E-state index contributed by atoms with van der Waals surface area (Å²) < 4.78 is 5.73. The molecule has 0 saturated heterocycles. The molecule has 0 radical (unpaired) electrons. The molecule has 0 saturated carbocycles. The minimum absolute atomic E-state index is 0.0647. The van der Waals surface area contributed by atoms with Gasteiger partial charge in [0.1, 0.15) is 11.5 Å². The number of ether oxygens (including phenoxy) is 1. The minimum Gasteiger partial charge on any atom is -0.457 e. The second-order valence-corrected chi connectivity index (χ2v) is 4.81. The molecule has 1 N–H and O–H groups in total. The highest BCUT2D eigenvalue weighted by Crippen LogP contribution is 2.27. The van der Waals surface area contributed by atoms with Crippen LogP contribution in [0.5, 0.6) is 11.5 Å². The third kappa shape index (κ3) is 3.72. The quantitative estimate of drug-likeness (QED) is 0.866. The molecule has 0 heterocycles. The SMILES string of the molecule is CCCc1ccc(Oc2ccc(CO)c(Cl)c2)cc1. The summed E-state index contributed by atoms with van der Waals surface area (Å²) in [6.45, 7) is 2.10. The van der Waals surface area contributed by atoms with E-state index in [0.717, 1.165) is 18.6 Å². The third-order valence-electron chi connectivity index (χ3n) is 2.89. The molecule has 2 rings (SSSR count). The second kappa shape index (κ2) is 6.60. The molecule has 0 bridgehead atoms. The molecule has 2 aromatic carbocycles. The Morgan fingerprint density at radius 2 is 1.74 bits per heavy atom. The molecule has 19 heavy (non-hydrogen) atoms. The Kier molecular flexibility index (Phi) is 4.83. The minimum atomic E-state index is -0.0647. The lowest BCUT2D eigenvalue weighted by Crippen LogP contribution is -1.89. The van der Waals surface area contributed by atoms with E-state index < -0.39 is 0 Å². The van der Waals surface area contributed by atoms with Gasteiger partial charge in [0.05, 0.1) is 6.61 Å². The number of rotatable bonds is 5. The van der Waals surface area contributed by atoms with Crippen molar-refractivity contribution in [2.45, 2.75) is 26.4 Å². The Hall–Kier alpha value is -1.51. The molecule has 0 fully saturated rings. The van der Waals surface area contributed by atoms with Crippen LogP contribution in [0.3, 0.4) is 0 Å². The summed E-state index contributed by atoms with van der Waals surface area (Å²) in [5.41, 5.74) is 2.01. The van der Waals surface area contributed by atoms with Crippen LogP contribution in [0.4, 0.5) is 0 Å². The van der Waals surface area contributed by atoms with Gasteiger partial charge in [-0.25, -0.2) is 0 Å². The van der Waals surface area contributed by atoms with E-state index in [9.17, 15) is 0 Å². The molecule has 2 nitrogen and oxygen atoms in total. The molecule has 0 aliphatic heterocycles. The first kappa shape index (κ1) is 13.9. The van der Waals surface area contributed by atoms with Crippen LogP contribution in [0, 0.1) is 0 Å². The summed E-state index contributed by atoms with van der Waals surface area (Å²) in [7, 11) is 0. The van der Waals surface area contributed by atoms with Gasteiger partial charge in [-0.2, -0.15) is 0 Å². The monoisotopic (exact) mass is 276 g/mol. The topological polar surface area (TPSA) is 29.5 Å². The van der Waals surface area contributed by atoms with Gasteiger partial charge < -0.3 is 9.84 Å². The predicted molar refractivity (Wildman–Crippen MR) is 77.9 cm³/mol. The standard InChI is InChI=1S/C16H17ClO2/c1-2-3-12-4-7-14(8-5-12)19-15-9-6-13(11-18)16(17)10-15/h4-10,18H,2-3,11H2,1H3. The highest BCUT2D eigenvalue weighted by atomic mass is 35.5. The Bertz CT molecular complexity index is 535. The van der Waals surface area contributed by atoms with E-state index in [4.69, 9.17) is 21.4 Å². The van der Waals surface area contributed by atoms with Crippen LogP contribution in [0.25, 0.3) is 0 Å². The fourth-order valence-electron chi connectivity index (χ4n) is 1.87. The molecule has 3 heteroatoms. The van der Waals surface area contributed by atoms with Crippen molar-refractivity contribution in [1.29, 1.82) is 0 Å². The third-order valence-corrected chi connectivity index (χ3v) is 3.24. The average molecular weight is 277 g/mol. The second-order valence-electron chi connectivity index (χ2n) is 4.41. The van der Waals surface area contributed by atoms with E-state index in [1.54, 1.807) is 18.2 Å². The molecular formula is C16H17ClO2. The van der Waals surface area contributed by atoms with Gasteiger partial charge in [-0.3, -0.25) is 0 Å². The van der Waals surface area contributed by atoms with Crippen molar-refractivity contribution in [2.75, 3.05) is 0 Å². The molecule has 100 valence electrons. The molecule has 0 atom stereocenters. The van der Waals surface area contributed by atoms with Crippen molar-refractivity contribution in [3.05, 3.63) is 58.6 Å². The van der Waals surface area contributed by atoms with Crippen LogP contribution in [0.2, 0.25) is 5.02 Å². The Morgan fingerprint density at radius 3 is 2.32 bits per heavy atom. The van der Waals surface area contributed by atoms with Crippen LogP contribution in [0.1, 0.15) is 24.5 Å². The lowest BCUT2D eigenvalue weighted by Gasteiger charge is -2.08. The van der Waals surface area contributed by atoms with Gasteiger partial charge in [0.15, 0.2) is 0 Å². The first-order valence-electron chi connectivity index (χ1n) is 6.39. The van der Waals surface area contributed by atoms with E-state index in [0.29, 0.717) is 16.3 Å². The van der Waals surface area contributed by atoms with Crippen LogP contribution in [-0.4, -0.2) is 5.11 Å². The Morgan fingerprint density at radius 1 is 1.05 bits per heavy atom.